The Morgan fingerprint density at radius 2 is 2.12 bits per heavy atom. The number of amides is 1. The van der Waals surface area contributed by atoms with Gasteiger partial charge in [0, 0.05) is 49.8 Å². The van der Waals surface area contributed by atoms with Gasteiger partial charge in [-0.05, 0) is 31.2 Å². The Balaban J connectivity index is 1.57. The zero-order valence-electron chi connectivity index (χ0n) is 16.7. The van der Waals surface area contributed by atoms with Crippen molar-refractivity contribution in [3.63, 3.8) is 0 Å². The molecule has 2 aliphatic heterocycles. The molecule has 0 bridgehead atoms. The van der Waals surface area contributed by atoms with Crippen molar-refractivity contribution in [1.29, 1.82) is 0 Å². The van der Waals surface area contributed by atoms with Gasteiger partial charge in [-0.25, -0.2) is 0 Å². The molecular weight excluding hydrogens is 324 g/mol. The van der Waals surface area contributed by atoms with Crippen molar-refractivity contribution in [2.24, 2.45) is 10.8 Å². The zero-order chi connectivity index (χ0) is 18.8. The molecule has 0 radical (unpaired) electrons. The minimum atomic E-state index is 0.0665. The maximum Gasteiger partial charge on any atom is 0.223 e. The lowest BCUT2D eigenvalue weighted by molar-refractivity contribution is -0.132. The van der Waals surface area contributed by atoms with E-state index in [-0.39, 0.29) is 5.41 Å². The SMILES string of the molecule is C=CCn1cc(CN2CCC[C@]3(CCN(C(=O)CC(C)(C)C)C3)C2)cn1. The van der Waals surface area contributed by atoms with Crippen LogP contribution in [0.2, 0.25) is 0 Å². The Morgan fingerprint density at radius 1 is 1.31 bits per heavy atom. The van der Waals surface area contributed by atoms with Crippen molar-refractivity contribution in [1.82, 2.24) is 19.6 Å². The van der Waals surface area contributed by atoms with E-state index in [1.807, 2.05) is 17.0 Å². The van der Waals surface area contributed by atoms with Crippen molar-refractivity contribution >= 4 is 5.91 Å². The summed E-state index contributed by atoms with van der Waals surface area (Å²) in [6.45, 7) is 16.0. The van der Waals surface area contributed by atoms with Crippen LogP contribution in [-0.4, -0.2) is 51.7 Å². The van der Waals surface area contributed by atoms with Gasteiger partial charge in [-0.15, -0.1) is 6.58 Å². The monoisotopic (exact) mass is 358 g/mol. The summed E-state index contributed by atoms with van der Waals surface area (Å²) < 4.78 is 1.94. The maximum absolute atomic E-state index is 12.6. The van der Waals surface area contributed by atoms with Gasteiger partial charge in [-0.3, -0.25) is 14.4 Å². The normalized spacial score (nSPS) is 24.3. The molecule has 1 aromatic rings. The number of allylic oxidation sites excluding steroid dienone is 1. The summed E-state index contributed by atoms with van der Waals surface area (Å²) in [5.74, 6) is 0.331. The first-order chi connectivity index (χ1) is 12.3. The average molecular weight is 359 g/mol. The van der Waals surface area contributed by atoms with E-state index >= 15 is 0 Å². The van der Waals surface area contributed by atoms with E-state index in [9.17, 15) is 4.79 Å². The third-order valence-electron chi connectivity index (χ3n) is 5.62. The largest absolute Gasteiger partial charge is 0.342 e. The van der Waals surface area contributed by atoms with Gasteiger partial charge in [0.15, 0.2) is 0 Å². The Bertz CT molecular complexity index is 645. The first-order valence-electron chi connectivity index (χ1n) is 9.91. The lowest BCUT2D eigenvalue weighted by Gasteiger charge is -2.40. The van der Waals surface area contributed by atoms with E-state index in [0.29, 0.717) is 17.7 Å². The van der Waals surface area contributed by atoms with E-state index in [0.717, 1.165) is 45.7 Å². The highest BCUT2D eigenvalue weighted by atomic mass is 16.2. The fourth-order valence-corrected chi connectivity index (χ4v) is 4.47. The van der Waals surface area contributed by atoms with Crippen LogP contribution in [0.1, 0.15) is 52.0 Å². The summed E-state index contributed by atoms with van der Waals surface area (Å²) in [7, 11) is 0. The molecule has 2 saturated heterocycles. The van der Waals surface area contributed by atoms with Gasteiger partial charge in [-0.1, -0.05) is 26.8 Å². The number of nitrogens with zero attached hydrogens (tertiary/aromatic N) is 4. The van der Waals surface area contributed by atoms with Crippen LogP contribution in [0, 0.1) is 10.8 Å². The molecule has 0 aromatic carbocycles. The molecule has 1 amide bonds. The van der Waals surface area contributed by atoms with Crippen molar-refractivity contribution < 1.29 is 4.79 Å². The molecule has 3 heterocycles. The Hall–Kier alpha value is -1.62. The minimum absolute atomic E-state index is 0.0665. The Labute approximate surface area is 158 Å². The number of rotatable bonds is 5. The summed E-state index contributed by atoms with van der Waals surface area (Å²) in [6, 6.07) is 0. The van der Waals surface area contributed by atoms with Crippen molar-refractivity contribution in [2.75, 3.05) is 26.2 Å². The fourth-order valence-electron chi connectivity index (χ4n) is 4.47. The van der Waals surface area contributed by atoms with Gasteiger partial charge in [0.1, 0.15) is 0 Å². The van der Waals surface area contributed by atoms with Crippen molar-refractivity contribution in [2.45, 2.75) is 59.5 Å². The zero-order valence-corrected chi connectivity index (χ0v) is 16.7. The number of likely N-dealkylation sites (tertiary alicyclic amines) is 2. The average Bonchev–Trinajstić information content (AvgIpc) is 3.14. The summed E-state index contributed by atoms with van der Waals surface area (Å²) in [6.07, 6.45) is 10.2. The van der Waals surface area contributed by atoms with Gasteiger partial charge in [-0.2, -0.15) is 5.10 Å². The van der Waals surface area contributed by atoms with Gasteiger partial charge in [0.05, 0.1) is 12.7 Å². The van der Waals surface area contributed by atoms with Crippen LogP contribution in [0.15, 0.2) is 25.0 Å². The minimum Gasteiger partial charge on any atom is -0.342 e. The molecule has 5 heteroatoms. The van der Waals surface area contributed by atoms with Crippen LogP contribution in [-0.2, 0) is 17.9 Å². The standard InChI is InChI=1S/C21H34N4O/c1-5-9-25-15-18(13-22-25)14-23-10-6-7-21(16-23)8-11-24(17-21)19(26)12-20(2,3)4/h5,13,15H,1,6-12,14,16-17H2,2-4H3/t21-/m0/s1. The van der Waals surface area contributed by atoms with Crippen LogP contribution in [0.5, 0.6) is 0 Å². The molecule has 144 valence electrons. The Morgan fingerprint density at radius 3 is 2.85 bits per heavy atom. The molecular formula is C21H34N4O. The number of carbonyl (C=O) groups is 1. The summed E-state index contributed by atoms with van der Waals surface area (Å²) >= 11 is 0. The molecule has 3 rings (SSSR count). The van der Waals surface area contributed by atoms with Crippen LogP contribution >= 0.6 is 0 Å². The van der Waals surface area contributed by atoms with Crippen LogP contribution in [0.25, 0.3) is 0 Å². The molecule has 0 N–H and O–H groups in total. The molecule has 26 heavy (non-hydrogen) atoms. The molecule has 1 atom stereocenters. The topological polar surface area (TPSA) is 41.4 Å². The number of aromatic nitrogens is 2. The molecule has 1 spiro atoms. The quantitative estimate of drug-likeness (QED) is 0.758. The Kier molecular flexibility index (Phi) is 5.56. The van der Waals surface area contributed by atoms with E-state index in [2.05, 4.69) is 48.4 Å². The fraction of sp³-hybridized carbons (Fsp3) is 0.714. The molecule has 0 unspecified atom stereocenters. The lowest BCUT2D eigenvalue weighted by Crippen LogP contribution is -2.45. The first kappa shape index (κ1) is 19.2. The van der Waals surface area contributed by atoms with Crippen LogP contribution in [0.4, 0.5) is 0 Å². The van der Waals surface area contributed by atoms with E-state index in [4.69, 9.17) is 0 Å². The summed E-state index contributed by atoms with van der Waals surface area (Å²) in [5, 5.41) is 4.40. The molecule has 2 fully saturated rings. The van der Waals surface area contributed by atoms with Crippen molar-refractivity contribution in [3.8, 4) is 0 Å². The first-order valence-corrected chi connectivity index (χ1v) is 9.91. The van der Waals surface area contributed by atoms with Gasteiger partial charge in [0.2, 0.25) is 5.91 Å². The molecule has 1 aromatic heterocycles. The smallest absolute Gasteiger partial charge is 0.223 e. The predicted octanol–water partition coefficient (Wildman–Crippen LogP) is 3.32. The molecule has 0 aliphatic carbocycles. The van der Waals surface area contributed by atoms with Gasteiger partial charge < -0.3 is 4.90 Å². The van der Waals surface area contributed by atoms with E-state index in [1.54, 1.807) is 0 Å². The molecule has 0 saturated carbocycles. The number of piperidine rings is 1. The number of hydrogen-bond acceptors (Lipinski definition) is 3. The highest BCUT2D eigenvalue weighted by Crippen LogP contribution is 2.40. The maximum atomic E-state index is 12.6. The number of carbonyl (C=O) groups excluding carboxylic acids is 1. The third-order valence-corrected chi connectivity index (χ3v) is 5.62. The summed E-state index contributed by atoms with van der Waals surface area (Å²) in [4.78, 5) is 17.3. The third kappa shape index (κ3) is 4.76. The second-order valence-corrected chi connectivity index (χ2v) is 9.48. The van der Waals surface area contributed by atoms with E-state index < -0.39 is 0 Å². The van der Waals surface area contributed by atoms with E-state index in [1.165, 1.54) is 18.4 Å². The summed E-state index contributed by atoms with van der Waals surface area (Å²) in [5.41, 5.74) is 1.63. The molecule has 2 aliphatic rings. The van der Waals surface area contributed by atoms with Gasteiger partial charge in [0.25, 0.3) is 0 Å². The highest BCUT2D eigenvalue weighted by molar-refractivity contribution is 5.77. The van der Waals surface area contributed by atoms with Crippen molar-refractivity contribution in [3.05, 3.63) is 30.6 Å². The van der Waals surface area contributed by atoms with Gasteiger partial charge >= 0.3 is 0 Å². The lowest BCUT2D eigenvalue weighted by atomic mass is 9.79. The second kappa shape index (κ2) is 7.55. The second-order valence-electron chi connectivity index (χ2n) is 9.48. The highest BCUT2D eigenvalue weighted by Gasteiger charge is 2.43. The van der Waals surface area contributed by atoms with Crippen LogP contribution in [0.3, 0.4) is 0 Å². The predicted molar refractivity (Wildman–Crippen MR) is 105 cm³/mol. The number of hydrogen-bond donors (Lipinski definition) is 0. The van der Waals surface area contributed by atoms with Crippen LogP contribution < -0.4 is 0 Å². The molecule has 5 nitrogen and oxygen atoms in total.